The van der Waals surface area contributed by atoms with E-state index in [4.69, 9.17) is 4.98 Å². The van der Waals surface area contributed by atoms with Crippen molar-refractivity contribution in [1.82, 2.24) is 14.9 Å². The molecule has 1 N–H and O–H groups in total. The van der Waals surface area contributed by atoms with Gasteiger partial charge >= 0.3 is 0 Å². The van der Waals surface area contributed by atoms with Gasteiger partial charge in [-0.2, -0.15) is 0 Å². The average molecular weight is 437 g/mol. The van der Waals surface area contributed by atoms with Gasteiger partial charge in [0.25, 0.3) is 5.56 Å². The van der Waals surface area contributed by atoms with E-state index in [1.165, 1.54) is 29.7 Å². The Kier molecular flexibility index (Phi) is 5.52. The molecule has 7 heteroatoms. The zero-order valence-electron chi connectivity index (χ0n) is 17.8. The number of fused-ring (bicyclic) bond motifs is 1. The van der Waals surface area contributed by atoms with Crippen LogP contribution in [0.3, 0.4) is 0 Å². The van der Waals surface area contributed by atoms with Gasteiger partial charge in [-0.25, -0.2) is 4.98 Å². The van der Waals surface area contributed by atoms with E-state index >= 15 is 0 Å². The van der Waals surface area contributed by atoms with Gasteiger partial charge in [-0.3, -0.25) is 14.2 Å². The monoisotopic (exact) mass is 436 g/mol. The molecular weight excluding hydrogens is 408 g/mol. The number of thiophene rings is 1. The van der Waals surface area contributed by atoms with Crippen LogP contribution in [-0.2, 0) is 11.3 Å². The summed E-state index contributed by atoms with van der Waals surface area (Å²) in [5, 5.41) is 5.05. The highest BCUT2D eigenvalue weighted by molar-refractivity contribution is 7.17. The Labute approximate surface area is 185 Å². The molecule has 1 saturated heterocycles. The van der Waals surface area contributed by atoms with E-state index in [0.29, 0.717) is 29.7 Å². The Morgan fingerprint density at radius 2 is 2.00 bits per heavy atom. The van der Waals surface area contributed by atoms with Crippen LogP contribution in [0.2, 0.25) is 0 Å². The number of carbonyl (C=O) groups excluding carboxylic acids is 1. The molecular formula is C24H28N4O2S. The van der Waals surface area contributed by atoms with Crippen molar-refractivity contribution in [2.24, 2.45) is 11.8 Å². The first kappa shape index (κ1) is 20.2. The lowest BCUT2D eigenvalue weighted by atomic mass is 9.97. The summed E-state index contributed by atoms with van der Waals surface area (Å²) in [5.74, 6) is 1.43. The topological polar surface area (TPSA) is 67.2 Å². The number of nitrogens with zero attached hydrogens (tertiary/aromatic N) is 3. The molecule has 31 heavy (non-hydrogen) atoms. The van der Waals surface area contributed by atoms with Crippen molar-refractivity contribution in [3.8, 4) is 0 Å². The second-order valence-electron chi connectivity index (χ2n) is 8.90. The smallest absolute Gasteiger partial charge is 0.273 e. The van der Waals surface area contributed by atoms with Crippen LogP contribution >= 0.6 is 11.3 Å². The molecule has 1 unspecified atom stereocenters. The Morgan fingerprint density at radius 3 is 2.77 bits per heavy atom. The molecule has 1 aliphatic heterocycles. The molecule has 1 aliphatic carbocycles. The number of nitrogens with one attached hydrogen (secondary N) is 1. The van der Waals surface area contributed by atoms with Crippen molar-refractivity contribution in [2.75, 3.05) is 24.5 Å². The lowest BCUT2D eigenvalue weighted by molar-refractivity contribution is -0.125. The van der Waals surface area contributed by atoms with Gasteiger partial charge < -0.3 is 10.2 Å². The number of hydrogen-bond donors (Lipinski definition) is 1. The van der Waals surface area contributed by atoms with Crippen LogP contribution in [0.15, 0.2) is 40.5 Å². The third-order valence-corrected chi connectivity index (χ3v) is 7.24. The summed E-state index contributed by atoms with van der Waals surface area (Å²) in [6.07, 6.45) is 4.26. The minimum Gasteiger partial charge on any atom is -0.356 e. The number of carbonyl (C=O) groups is 1. The van der Waals surface area contributed by atoms with Crippen molar-refractivity contribution in [3.05, 3.63) is 57.2 Å². The normalized spacial score (nSPS) is 19.0. The largest absolute Gasteiger partial charge is 0.356 e. The highest BCUT2D eigenvalue weighted by atomic mass is 32.1. The molecule has 1 atom stereocenters. The fourth-order valence-electron chi connectivity index (χ4n) is 4.28. The third kappa shape index (κ3) is 4.37. The summed E-state index contributed by atoms with van der Waals surface area (Å²) in [7, 11) is 0. The predicted molar refractivity (Wildman–Crippen MR) is 125 cm³/mol. The molecule has 6 nitrogen and oxygen atoms in total. The molecule has 3 aromatic rings. The summed E-state index contributed by atoms with van der Waals surface area (Å²) >= 11 is 1.44. The van der Waals surface area contributed by atoms with E-state index in [1.54, 1.807) is 4.57 Å². The predicted octanol–water partition coefficient (Wildman–Crippen LogP) is 3.56. The molecule has 2 aromatic heterocycles. The Bertz CT molecular complexity index is 1150. The highest BCUT2D eigenvalue weighted by Gasteiger charge is 2.30. The number of amides is 1. The quantitative estimate of drug-likeness (QED) is 0.642. The van der Waals surface area contributed by atoms with Crippen molar-refractivity contribution in [2.45, 2.75) is 39.2 Å². The molecule has 1 aromatic carbocycles. The van der Waals surface area contributed by atoms with Crippen LogP contribution in [0.1, 0.15) is 36.8 Å². The Hall–Kier alpha value is -2.67. The summed E-state index contributed by atoms with van der Waals surface area (Å²) in [4.78, 5) is 33.1. The molecule has 0 radical (unpaired) electrons. The first-order chi connectivity index (χ1) is 15.1. The zero-order valence-corrected chi connectivity index (χ0v) is 18.7. The van der Waals surface area contributed by atoms with Gasteiger partial charge in [-0.05, 0) is 55.5 Å². The third-order valence-electron chi connectivity index (χ3n) is 6.34. The fraction of sp³-hybridized carbons (Fsp3) is 0.458. The molecule has 1 saturated carbocycles. The van der Waals surface area contributed by atoms with E-state index in [2.05, 4.69) is 41.4 Å². The average Bonchev–Trinajstić information content (AvgIpc) is 3.50. The number of rotatable bonds is 6. The van der Waals surface area contributed by atoms with Crippen LogP contribution < -0.4 is 15.8 Å². The van der Waals surface area contributed by atoms with E-state index in [-0.39, 0.29) is 17.4 Å². The summed E-state index contributed by atoms with van der Waals surface area (Å²) in [6, 6.07) is 10.2. The van der Waals surface area contributed by atoms with Gasteiger partial charge in [0.15, 0.2) is 0 Å². The molecule has 1 amide bonds. The first-order valence-electron chi connectivity index (χ1n) is 11.1. The molecule has 0 spiro atoms. The van der Waals surface area contributed by atoms with Crippen LogP contribution in [0.5, 0.6) is 0 Å². The fourth-order valence-corrected chi connectivity index (χ4v) is 5.05. The lowest BCUT2D eigenvalue weighted by Gasteiger charge is -2.34. The second-order valence-corrected chi connectivity index (χ2v) is 9.81. The first-order valence-corrected chi connectivity index (χ1v) is 12.0. The lowest BCUT2D eigenvalue weighted by Crippen LogP contribution is -2.45. The van der Waals surface area contributed by atoms with E-state index in [9.17, 15) is 9.59 Å². The molecule has 162 valence electrons. The molecule has 3 heterocycles. The number of anilines is 1. The SMILES string of the molecule is Cc1ccc(Cn2c(N3CCCC(C(=O)NCC4CC4)C3)nc3ccsc3c2=O)cc1. The number of aromatic nitrogens is 2. The molecule has 2 fully saturated rings. The van der Waals surface area contributed by atoms with E-state index < -0.39 is 0 Å². The van der Waals surface area contributed by atoms with Crippen molar-refractivity contribution in [3.63, 3.8) is 0 Å². The van der Waals surface area contributed by atoms with Crippen molar-refractivity contribution >= 4 is 33.4 Å². The minimum absolute atomic E-state index is 0.00381. The number of hydrogen-bond acceptors (Lipinski definition) is 5. The van der Waals surface area contributed by atoms with Crippen LogP contribution in [-0.4, -0.2) is 35.1 Å². The van der Waals surface area contributed by atoms with Gasteiger partial charge in [-0.1, -0.05) is 29.8 Å². The summed E-state index contributed by atoms with van der Waals surface area (Å²) < 4.78 is 2.47. The van der Waals surface area contributed by atoms with Gasteiger partial charge in [0.1, 0.15) is 4.70 Å². The molecule has 2 aliphatic rings. The standard InChI is InChI=1S/C24H28N4O2S/c1-16-4-6-18(7-5-16)14-28-23(30)21-20(10-12-31-21)26-24(28)27-11-2-3-19(15-27)22(29)25-13-17-8-9-17/h4-7,10,12,17,19H,2-3,8-9,11,13-15H2,1H3,(H,25,29). The van der Waals surface area contributed by atoms with Gasteiger partial charge in [0.05, 0.1) is 18.0 Å². The van der Waals surface area contributed by atoms with E-state index in [0.717, 1.165) is 37.0 Å². The second kappa shape index (κ2) is 8.46. The number of aryl methyl sites for hydroxylation is 1. The Morgan fingerprint density at radius 1 is 1.19 bits per heavy atom. The van der Waals surface area contributed by atoms with Gasteiger partial charge in [0.2, 0.25) is 11.9 Å². The Balaban J connectivity index is 1.45. The van der Waals surface area contributed by atoms with Crippen molar-refractivity contribution in [1.29, 1.82) is 0 Å². The number of benzene rings is 1. The molecule has 0 bridgehead atoms. The number of piperidine rings is 1. The van der Waals surface area contributed by atoms with Crippen LogP contribution in [0.25, 0.3) is 10.2 Å². The highest BCUT2D eigenvalue weighted by Crippen LogP contribution is 2.28. The minimum atomic E-state index is -0.0598. The maximum atomic E-state index is 13.4. The van der Waals surface area contributed by atoms with Crippen LogP contribution in [0.4, 0.5) is 5.95 Å². The summed E-state index contributed by atoms with van der Waals surface area (Å²) in [6.45, 7) is 4.74. The molecule has 5 rings (SSSR count). The van der Waals surface area contributed by atoms with Gasteiger partial charge in [-0.15, -0.1) is 11.3 Å². The summed E-state index contributed by atoms with van der Waals surface area (Å²) in [5.41, 5.74) is 3.00. The zero-order chi connectivity index (χ0) is 21.4. The van der Waals surface area contributed by atoms with Gasteiger partial charge in [0, 0.05) is 19.6 Å². The van der Waals surface area contributed by atoms with Crippen molar-refractivity contribution < 1.29 is 4.79 Å². The van der Waals surface area contributed by atoms with E-state index in [1.807, 2.05) is 11.4 Å². The van der Waals surface area contributed by atoms with Crippen LogP contribution in [0, 0.1) is 18.8 Å². The maximum Gasteiger partial charge on any atom is 0.273 e. The maximum absolute atomic E-state index is 13.4.